The van der Waals surface area contributed by atoms with Crippen LogP contribution in [0, 0.1) is 7.43 Å². The number of rotatable bonds is 0. The zero-order valence-electron chi connectivity index (χ0n) is 1.89. The largest absolute Gasteiger partial charge is 0 e. The predicted octanol–water partition coefficient (Wildman–Crippen LogP) is -0.783. The minimum atomic E-state index is 0. The molecular formula is CNNbSi. The summed E-state index contributed by atoms with van der Waals surface area (Å²) >= 11 is 0. The van der Waals surface area contributed by atoms with E-state index in [0.717, 1.165) is 0 Å². The number of hydrogen-bond donors (Lipinski definition) is 0. The van der Waals surface area contributed by atoms with Crippen LogP contribution in [0.3, 0.4) is 0 Å². The van der Waals surface area contributed by atoms with Crippen LogP contribution in [0.25, 0.3) is 0 Å². The van der Waals surface area contributed by atoms with Gasteiger partial charge in [0.2, 0.25) is 0 Å². The van der Waals surface area contributed by atoms with Crippen LogP contribution >= 0.6 is 0 Å². The second kappa shape index (κ2) is 39.6. The van der Waals surface area contributed by atoms with Crippen LogP contribution in [-0.4, -0.2) is 11.0 Å². The van der Waals surface area contributed by atoms with Crippen molar-refractivity contribution in [3.05, 3.63) is 7.43 Å². The van der Waals surface area contributed by atoms with Gasteiger partial charge in [0.25, 0.3) is 0 Å². The number of hydrogen-bond acceptors (Lipinski definition) is 0. The maximum absolute atomic E-state index is 0. The minimum Gasteiger partial charge on any atom is 0 e. The molecule has 0 amide bonds. The van der Waals surface area contributed by atoms with E-state index in [0.29, 0.717) is 0 Å². The van der Waals surface area contributed by atoms with E-state index in [9.17, 15) is 0 Å². The smallest absolute Gasteiger partial charge is 0 e. The van der Waals surface area contributed by atoms with Gasteiger partial charge in [-0.3, -0.25) is 0 Å². The van der Waals surface area contributed by atoms with Crippen LogP contribution < -0.4 is 6.15 Å². The fourth-order valence-electron chi connectivity index (χ4n) is 0. The molecule has 0 aromatic rings. The van der Waals surface area contributed by atoms with Gasteiger partial charge in [-0.25, -0.2) is 0 Å². The average Bonchev–Trinajstić information content (AvgIpc) is 0. The SMILES string of the molecule is [C].[N].[Nb].[Si]. The summed E-state index contributed by atoms with van der Waals surface area (Å²) in [6, 6.07) is 0. The van der Waals surface area contributed by atoms with E-state index < -0.39 is 0 Å². The van der Waals surface area contributed by atoms with Gasteiger partial charge in [0, 0.05) is 46.9 Å². The zero-order chi connectivity index (χ0) is 0. The molecule has 0 aliphatic heterocycles. The summed E-state index contributed by atoms with van der Waals surface area (Å²) in [5.74, 6) is 0. The second-order valence-corrected chi connectivity index (χ2v) is 0. The normalized spacial score (nSPS) is 0. The van der Waals surface area contributed by atoms with Crippen LogP contribution in [-0.2, 0) is 22.4 Å². The van der Waals surface area contributed by atoms with E-state index in [4.69, 9.17) is 0 Å². The molecule has 0 aliphatic rings. The first-order chi connectivity index (χ1) is 0. The van der Waals surface area contributed by atoms with Crippen molar-refractivity contribution in [1.82, 2.24) is 6.15 Å². The molecular weight excluding hydrogens is 147 g/mol. The molecule has 0 aliphatic carbocycles. The van der Waals surface area contributed by atoms with E-state index in [1.807, 2.05) is 0 Å². The van der Waals surface area contributed by atoms with Crippen molar-refractivity contribution < 1.29 is 22.4 Å². The molecule has 0 fully saturated rings. The van der Waals surface area contributed by atoms with Crippen LogP contribution in [0.4, 0.5) is 0 Å². The summed E-state index contributed by atoms with van der Waals surface area (Å²) in [5, 5.41) is 0. The maximum Gasteiger partial charge on any atom is 0 e. The third-order valence-electron chi connectivity index (χ3n) is 0. The van der Waals surface area contributed by atoms with Gasteiger partial charge in [-0.1, -0.05) is 0 Å². The monoisotopic (exact) mass is 147 g/mol. The average molecular weight is 147 g/mol. The molecule has 0 spiro atoms. The third-order valence-corrected chi connectivity index (χ3v) is 0. The molecule has 0 atom stereocenters. The number of nitrogens with zero attached hydrogens (tertiary/aromatic N) is 1. The van der Waals surface area contributed by atoms with Crippen molar-refractivity contribution >= 4 is 11.0 Å². The molecule has 0 aromatic carbocycles. The third kappa shape index (κ3) is 12.7. The van der Waals surface area contributed by atoms with Crippen LogP contribution in [0.15, 0.2) is 0 Å². The van der Waals surface area contributed by atoms with Crippen LogP contribution in [0.2, 0.25) is 0 Å². The molecule has 0 rings (SSSR count). The van der Waals surface area contributed by atoms with Crippen molar-refractivity contribution in [1.29, 1.82) is 0 Å². The summed E-state index contributed by atoms with van der Waals surface area (Å²) in [5.41, 5.74) is 0. The Morgan fingerprint density at radius 2 is 1.00 bits per heavy atom. The van der Waals surface area contributed by atoms with Crippen molar-refractivity contribution in [3.8, 4) is 0 Å². The molecule has 1 nitrogen and oxygen atoms in total. The Labute approximate surface area is 47.3 Å². The van der Waals surface area contributed by atoms with Gasteiger partial charge >= 0.3 is 0 Å². The van der Waals surface area contributed by atoms with Crippen molar-refractivity contribution in [2.75, 3.05) is 0 Å². The van der Waals surface area contributed by atoms with Gasteiger partial charge in [-0.2, -0.15) is 0 Å². The fraction of sp³-hybridized carbons (Fsp3) is 0. The first kappa shape index (κ1) is 89.7. The predicted molar refractivity (Wildman–Crippen MR) is 11.1 cm³/mol. The van der Waals surface area contributed by atoms with Crippen LogP contribution in [0.5, 0.6) is 0 Å². The minimum absolute atomic E-state index is 0. The van der Waals surface area contributed by atoms with Gasteiger partial charge in [0.1, 0.15) is 0 Å². The summed E-state index contributed by atoms with van der Waals surface area (Å²) in [6.45, 7) is 0. The van der Waals surface area contributed by atoms with Gasteiger partial charge in [0.15, 0.2) is 0 Å². The van der Waals surface area contributed by atoms with Gasteiger partial charge in [-0.05, 0) is 0 Å². The van der Waals surface area contributed by atoms with E-state index in [1.165, 1.54) is 0 Å². The molecule has 3 heteroatoms. The first-order valence-corrected chi connectivity index (χ1v) is 0. The Balaban J connectivity index is 0. The molecule has 0 unspecified atom stereocenters. The van der Waals surface area contributed by atoms with E-state index in [2.05, 4.69) is 0 Å². The van der Waals surface area contributed by atoms with Crippen molar-refractivity contribution in [3.63, 3.8) is 0 Å². The molecule has 0 aromatic heterocycles. The Morgan fingerprint density at radius 3 is 1.00 bits per heavy atom. The van der Waals surface area contributed by atoms with E-state index >= 15 is 0 Å². The quantitative estimate of drug-likeness (QED) is 0.402. The Morgan fingerprint density at radius 1 is 1.00 bits per heavy atom. The summed E-state index contributed by atoms with van der Waals surface area (Å²) < 4.78 is 0. The summed E-state index contributed by atoms with van der Waals surface area (Å²) in [7, 11) is 0. The van der Waals surface area contributed by atoms with Gasteiger partial charge < -0.3 is 0 Å². The molecule has 18 valence electrons. The first-order valence-electron chi connectivity index (χ1n) is 0. The van der Waals surface area contributed by atoms with Gasteiger partial charge in [0.05, 0.1) is 0 Å². The zero-order valence-corrected chi connectivity index (χ0v) is 5.09. The topological polar surface area (TPSA) is 30.5 Å². The fourth-order valence-corrected chi connectivity index (χ4v) is 0. The second-order valence-electron chi connectivity index (χ2n) is 0. The molecule has 0 heterocycles. The van der Waals surface area contributed by atoms with Crippen molar-refractivity contribution in [2.24, 2.45) is 0 Å². The molecule has 0 N–H and O–H groups in total. The van der Waals surface area contributed by atoms with E-state index in [-0.39, 0.29) is 46.9 Å². The summed E-state index contributed by atoms with van der Waals surface area (Å²) in [4.78, 5) is 0. The molecule has 4 heavy (non-hydrogen) atoms. The van der Waals surface area contributed by atoms with Gasteiger partial charge in [-0.15, -0.1) is 0 Å². The standard InChI is InChI=1S/C.N.Nb.Si. The Bertz CT molecular complexity index is 8.00. The van der Waals surface area contributed by atoms with Crippen molar-refractivity contribution in [2.45, 2.75) is 0 Å². The molecule has 0 saturated carbocycles. The Kier molecular flexibility index (Phi) is 889. The summed E-state index contributed by atoms with van der Waals surface area (Å²) in [6.07, 6.45) is 0. The van der Waals surface area contributed by atoms with E-state index in [1.54, 1.807) is 0 Å². The van der Waals surface area contributed by atoms with Crippen LogP contribution in [0.1, 0.15) is 0 Å². The molecule has 0 saturated heterocycles. The maximum atomic E-state index is 0. The Hall–Kier alpha value is 0.917. The molecule has 12 radical (unpaired) electrons. The molecule has 0 bridgehead atoms.